The van der Waals surface area contributed by atoms with Crippen LogP contribution in [0.15, 0.2) is 63.8 Å². The van der Waals surface area contributed by atoms with E-state index in [1.807, 2.05) is 0 Å². The second-order valence-electron chi connectivity index (χ2n) is 5.62. The molecule has 0 aliphatic rings. The van der Waals surface area contributed by atoms with E-state index in [4.69, 9.17) is 9.15 Å². The Kier molecular flexibility index (Phi) is 5.16. The van der Waals surface area contributed by atoms with Gasteiger partial charge in [-0.2, -0.15) is 13.2 Å². The molecule has 0 bridgehead atoms. The number of hydrogen-bond acceptors (Lipinski definition) is 4. The molecule has 0 saturated carbocycles. The van der Waals surface area contributed by atoms with Gasteiger partial charge in [0.2, 0.25) is 0 Å². The fourth-order valence-electron chi connectivity index (χ4n) is 2.41. The number of benzene rings is 2. The van der Waals surface area contributed by atoms with Crippen LogP contribution in [0.2, 0.25) is 0 Å². The van der Waals surface area contributed by atoms with Gasteiger partial charge in [0.15, 0.2) is 0 Å². The highest BCUT2D eigenvalue weighted by molar-refractivity contribution is 5.96. The summed E-state index contributed by atoms with van der Waals surface area (Å²) >= 11 is 0. The number of hydrogen-bond donors (Lipinski definition) is 1. The average Bonchev–Trinajstić information content (AvgIpc) is 2.64. The third-order valence-corrected chi connectivity index (χ3v) is 3.70. The molecule has 1 aromatic heterocycles. The highest BCUT2D eigenvalue weighted by Crippen LogP contribution is 2.31. The molecule has 0 aliphatic carbocycles. The van der Waals surface area contributed by atoms with Crippen LogP contribution < -0.4 is 15.7 Å². The van der Waals surface area contributed by atoms with Gasteiger partial charge < -0.3 is 14.5 Å². The average molecular weight is 377 g/mol. The van der Waals surface area contributed by atoms with E-state index in [9.17, 15) is 22.8 Å². The van der Waals surface area contributed by atoms with Crippen molar-refractivity contribution in [3.05, 3.63) is 76.1 Å². The van der Waals surface area contributed by atoms with E-state index >= 15 is 0 Å². The molecule has 1 N–H and O–H groups in total. The molecule has 8 heteroatoms. The molecule has 0 saturated heterocycles. The molecule has 27 heavy (non-hydrogen) atoms. The Morgan fingerprint density at radius 1 is 1.07 bits per heavy atom. The van der Waals surface area contributed by atoms with Gasteiger partial charge in [0.1, 0.15) is 23.5 Å². The number of halogens is 3. The van der Waals surface area contributed by atoms with Gasteiger partial charge in [0.05, 0.1) is 12.1 Å². The summed E-state index contributed by atoms with van der Waals surface area (Å²) in [6.07, 6.45) is -4.46. The predicted octanol–water partition coefficient (Wildman–Crippen LogP) is 3.62. The van der Waals surface area contributed by atoms with Crippen molar-refractivity contribution in [2.75, 3.05) is 13.2 Å². The predicted molar refractivity (Wildman–Crippen MR) is 91.8 cm³/mol. The van der Waals surface area contributed by atoms with Gasteiger partial charge in [0.25, 0.3) is 5.91 Å². The molecule has 5 nitrogen and oxygen atoms in total. The number of carbonyl (C=O) groups excluding carboxylic acids is 1. The van der Waals surface area contributed by atoms with Gasteiger partial charge in [0, 0.05) is 5.39 Å². The summed E-state index contributed by atoms with van der Waals surface area (Å²) in [4.78, 5) is 24.0. The zero-order valence-electron chi connectivity index (χ0n) is 13.9. The topological polar surface area (TPSA) is 68.5 Å². The summed E-state index contributed by atoms with van der Waals surface area (Å²) in [5.41, 5.74) is -1.39. The van der Waals surface area contributed by atoms with Crippen LogP contribution >= 0.6 is 0 Å². The van der Waals surface area contributed by atoms with Gasteiger partial charge in [-0.1, -0.05) is 24.3 Å². The van der Waals surface area contributed by atoms with Gasteiger partial charge in [-0.05, 0) is 30.3 Å². The first-order chi connectivity index (χ1) is 12.8. The maximum Gasteiger partial charge on any atom is 0.416 e. The normalized spacial score (nSPS) is 11.4. The smallest absolute Gasteiger partial charge is 0.416 e. The molecular weight excluding hydrogens is 363 g/mol. The van der Waals surface area contributed by atoms with Crippen molar-refractivity contribution in [3.8, 4) is 5.75 Å². The summed E-state index contributed by atoms with van der Waals surface area (Å²) in [5.74, 6) is -0.619. The van der Waals surface area contributed by atoms with Crippen molar-refractivity contribution >= 4 is 16.9 Å². The lowest BCUT2D eigenvalue weighted by Gasteiger charge is -2.10. The van der Waals surface area contributed by atoms with E-state index in [0.29, 0.717) is 11.0 Å². The maximum absolute atomic E-state index is 12.6. The van der Waals surface area contributed by atoms with Crippen LogP contribution in [-0.2, 0) is 6.18 Å². The monoisotopic (exact) mass is 377 g/mol. The number of para-hydroxylation sites is 1. The largest absolute Gasteiger partial charge is 0.492 e. The van der Waals surface area contributed by atoms with E-state index in [1.54, 1.807) is 24.3 Å². The molecule has 0 spiro atoms. The highest BCUT2D eigenvalue weighted by Gasteiger charge is 2.30. The molecule has 0 fully saturated rings. The van der Waals surface area contributed by atoms with Crippen LogP contribution in [0.1, 0.15) is 15.9 Å². The van der Waals surface area contributed by atoms with Gasteiger partial charge in [-0.3, -0.25) is 4.79 Å². The van der Waals surface area contributed by atoms with E-state index in [-0.39, 0.29) is 24.5 Å². The van der Waals surface area contributed by atoms with Crippen molar-refractivity contribution in [1.82, 2.24) is 5.32 Å². The van der Waals surface area contributed by atoms with E-state index < -0.39 is 23.3 Å². The third-order valence-electron chi connectivity index (χ3n) is 3.70. The van der Waals surface area contributed by atoms with E-state index in [1.165, 1.54) is 18.2 Å². The quantitative estimate of drug-likeness (QED) is 0.545. The van der Waals surface area contributed by atoms with Crippen molar-refractivity contribution in [2.24, 2.45) is 0 Å². The minimum atomic E-state index is -4.46. The van der Waals surface area contributed by atoms with Crippen LogP contribution in [0.5, 0.6) is 5.75 Å². The number of rotatable bonds is 5. The molecule has 0 unspecified atom stereocenters. The Morgan fingerprint density at radius 2 is 1.85 bits per heavy atom. The first-order valence-corrected chi connectivity index (χ1v) is 7.96. The number of alkyl halides is 3. The number of carbonyl (C=O) groups is 1. The standard InChI is InChI=1S/C19H14F3NO4/c20-19(21,22)13-5-3-6-14(11-13)26-9-8-23-17(24)15-10-12-4-1-2-7-16(12)27-18(15)25/h1-7,10-11H,8-9H2,(H,23,24). The summed E-state index contributed by atoms with van der Waals surface area (Å²) < 4.78 is 48.2. The maximum atomic E-state index is 12.6. The molecule has 0 atom stereocenters. The molecule has 3 rings (SSSR count). The number of ether oxygens (including phenoxy) is 1. The summed E-state index contributed by atoms with van der Waals surface area (Å²) in [5, 5.41) is 3.07. The minimum absolute atomic E-state index is 0.00133. The summed E-state index contributed by atoms with van der Waals surface area (Å²) in [7, 11) is 0. The van der Waals surface area contributed by atoms with Crippen LogP contribution in [0.25, 0.3) is 11.0 Å². The fourth-order valence-corrected chi connectivity index (χ4v) is 2.41. The van der Waals surface area contributed by atoms with Crippen molar-refractivity contribution < 1.29 is 27.1 Å². The van der Waals surface area contributed by atoms with Crippen molar-refractivity contribution in [2.45, 2.75) is 6.18 Å². The Morgan fingerprint density at radius 3 is 2.63 bits per heavy atom. The molecule has 0 radical (unpaired) electrons. The Bertz CT molecular complexity index is 1030. The Hall–Kier alpha value is -3.29. The third kappa shape index (κ3) is 4.46. The minimum Gasteiger partial charge on any atom is -0.492 e. The Labute approximate surface area is 151 Å². The first-order valence-electron chi connectivity index (χ1n) is 7.96. The second kappa shape index (κ2) is 7.53. The summed E-state index contributed by atoms with van der Waals surface area (Å²) in [6, 6.07) is 12.6. The number of fused-ring (bicyclic) bond motifs is 1. The van der Waals surface area contributed by atoms with Crippen LogP contribution in [0.4, 0.5) is 13.2 Å². The zero-order chi connectivity index (χ0) is 19.4. The second-order valence-corrected chi connectivity index (χ2v) is 5.62. The van der Waals surface area contributed by atoms with Gasteiger partial charge in [-0.15, -0.1) is 0 Å². The van der Waals surface area contributed by atoms with E-state index in [2.05, 4.69) is 5.32 Å². The molecular formula is C19H14F3NO4. The Balaban J connectivity index is 1.59. The lowest BCUT2D eigenvalue weighted by molar-refractivity contribution is -0.137. The molecule has 0 aliphatic heterocycles. The van der Waals surface area contributed by atoms with Crippen LogP contribution in [0, 0.1) is 0 Å². The SMILES string of the molecule is O=C(NCCOc1cccc(C(F)(F)F)c1)c1cc2ccccc2oc1=O. The molecule has 2 aromatic carbocycles. The van der Waals surface area contributed by atoms with Crippen molar-refractivity contribution in [3.63, 3.8) is 0 Å². The summed E-state index contributed by atoms with van der Waals surface area (Å²) in [6.45, 7) is -0.0622. The first kappa shape index (κ1) is 18.5. The van der Waals surface area contributed by atoms with Crippen LogP contribution in [0.3, 0.4) is 0 Å². The fraction of sp³-hybridized carbons (Fsp3) is 0.158. The van der Waals surface area contributed by atoms with Crippen molar-refractivity contribution in [1.29, 1.82) is 0 Å². The van der Waals surface area contributed by atoms with Gasteiger partial charge in [-0.25, -0.2) is 4.79 Å². The highest BCUT2D eigenvalue weighted by atomic mass is 19.4. The lowest BCUT2D eigenvalue weighted by Crippen LogP contribution is -2.31. The van der Waals surface area contributed by atoms with E-state index in [0.717, 1.165) is 12.1 Å². The molecule has 140 valence electrons. The lowest BCUT2D eigenvalue weighted by atomic mass is 10.2. The van der Waals surface area contributed by atoms with Gasteiger partial charge >= 0.3 is 11.8 Å². The zero-order valence-corrected chi connectivity index (χ0v) is 13.9. The molecule has 1 amide bonds. The number of amides is 1. The molecule has 3 aromatic rings. The number of nitrogens with one attached hydrogen (secondary N) is 1. The molecule has 1 heterocycles. The van der Waals surface area contributed by atoms with Crippen LogP contribution in [-0.4, -0.2) is 19.1 Å².